The van der Waals surface area contributed by atoms with E-state index in [0.29, 0.717) is 17.0 Å². The van der Waals surface area contributed by atoms with Gasteiger partial charge in [-0.3, -0.25) is 15.1 Å². The maximum Gasteiger partial charge on any atom is 0.336 e. The van der Waals surface area contributed by atoms with E-state index in [9.17, 15) is 14.9 Å². The number of hydrogen-bond acceptors (Lipinski definition) is 5. The molecule has 0 bridgehead atoms. The summed E-state index contributed by atoms with van der Waals surface area (Å²) < 4.78 is 5.10. The van der Waals surface area contributed by atoms with Crippen molar-refractivity contribution in [3.05, 3.63) is 56.8 Å². The summed E-state index contributed by atoms with van der Waals surface area (Å²) in [5, 5.41) is 11.6. The number of benzene rings is 1. The van der Waals surface area contributed by atoms with Gasteiger partial charge in [0.2, 0.25) is 0 Å². The Bertz CT molecular complexity index is 689. The van der Waals surface area contributed by atoms with Crippen LogP contribution in [0.3, 0.4) is 0 Å². The maximum absolute atomic E-state index is 12.4. The van der Waals surface area contributed by atoms with Crippen LogP contribution in [0.2, 0.25) is 0 Å². The highest BCUT2D eigenvalue weighted by Gasteiger charge is 2.44. The molecule has 0 spiro atoms. The van der Waals surface area contributed by atoms with E-state index in [1.54, 1.807) is 20.8 Å². The summed E-state index contributed by atoms with van der Waals surface area (Å²) in [7, 11) is 0. The SMILES string of the molecule is CCOC(=O)C1=C(C)N=C(C)C([N+](=O)[O-])C1c1ccc(C)cc1. The standard InChI is InChI=1S/C17H20N2O4/c1-5-23-17(20)14-11(3)18-12(4)16(19(21)22)15(14)13-8-6-10(2)7-9-13/h6-9,15-16H,5H2,1-4H3. The first kappa shape index (κ1) is 16.9. The second-order valence-electron chi connectivity index (χ2n) is 5.59. The van der Waals surface area contributed by atoms with Gasteiger partial charge in [0.25, 0.3) is 6.04 Å². The van der Waals surface area contributed by atoms with Gasteiger partial charge in [-0.15, -0.1) is 0 Å². The van der Waals surface area contributed by atoms with Crippen LogP contribution in [-0.2, 0) is 9.53 Å². The number of nitro groups is 1. The average Bonchev–Trinajstić information content (AvgIpc) is 2.46. The Morgan fingerprint density at radius 1 is 1.26 bits per heavy atom. The molecule has 0 fully saturated rings. The van der Waals surface area contributed by atoms with Crippen LogP contribution in [0.15, 0.2) is 40.5 Å². The number of allylic oxidation sites excluding steroid dienone is 1. The molecule has 1 aliphatic rings. The van der Waals surface area contributed by atoms with E-state index in [-0.39, 0.29) is 17.1 Å². The van der Waals surface area contributed by atoms with Crippen molar-refractivity contribution >= 4 is 11.7 Å². The number of carbonyl (C=O) groups excluding carboxylic acids is 1. The van der Waals surface area contributed by atoms with Gasteiger partial charge >= 0.3 is 5.97 Å². The molecule has 6 heteroatoms. The minimum atomic E-state index is -1.07. The minimum absolute atomic E-state index is 0.210. The second kappa shape index (κ2) is 6.73. The van der Waals surface area contributed by atoms with Crippen molar-refractivity contribution in [1.29, 1.82) is 0 Å². The smallest absolute Gasteiger partial charge is 0.336 e. The highest BCUT2D eigenvalue weighted by Crippen LogP contribution is 2.37. The number of esters is 1. The first-order valence-electron chi connectivity index (χ1n) is 7.50. The van der Waals surface area contributed by atoms with Crippen LogP contribution in [0.1, 0.15) is 37.8 Å². The number of carbonyl (C=O) groups is 1. The fourth-order valence-electron chi connectivity index (χ4n) is 2.90. The van der Waals surface area contributed by atoms with Crippen molar-refractivity contribution in [1.82, 2.24) is 0 Å². The average molecular weight is 316 g/mol. The lowest BCUT2D eigenvalue weighted by molar-refractivity contribution is -0.505. The molecule has 0 aliphatic carbocycles. The van der Waals surface area contributed by atoms with Crippen LogP contribution in [0, 0.1) is 17.0 Å². The van der Waals surface area contributed by atoms with E-state index in [1.807, 2.05) is 31.2 Å². The van der Waals surface area contributed by atoms with Gasteiger partial charge in [-0.2, -0.15) is 0 Å². The molecule has 2 unspecified atom stereocenters. The van der Waals surface area contributed by atoms with Crippen molar-refractivity contribution in [2.24, 2.45) is 4.99 Å². The summed E-state index contributed by atoms with van der Waals surface area (Å²) in [6, 6.07) is 6.33. The third kappa shape index (κ3) is 3.31. The Hall–Kier alpha value is -2.50. The summed E-state index contributed by atoms with van der Waals surface area (Å²) >= 11 is 0. The van der Waals surface area contributed by atoms with Gasteiger partial charge in [-0.05, 0) is 33.3 Å². The number of hydrogen-bond donors (Lipinski definition) is 0. The predicted octanol–water partition coefficient (Wildman–Crippen LogP) is 3.04. The number of ether oxygens (including phenoxy) is 1. The number of aryl methyl sites for hydroxylation is 1. The molecule has 0 N–H and O–H groups in total. The second-order valence-corrected chi connectivity index (χ2v) is 5.59. The molecule has 0 saturated heterocycles. The summed E-state index contributed by atoms with van der Waals surface area (Å²) in [6.07, 6.45) is 0. The Morgan fingerprint density at radius 3 is 2.39 bits per heavy atom. The third-order valence-corrected chi connectivity index (χ3v) is 3.95. The Kier molecular flexibility index (Phi) is 4.93. The lowest BCUT2D eigenvalue weighted by atomic mass is 9.80. The summed E-state index contributed by atoms with van der Waals surface area (Å²) in [6.45, 7) is 7.17. The summed E-state index contributed by atoms with van der Waals surface area (Å²) in [5.41, 5.74) is 2.90. The molecule has 1 heterocycles. The summed E-state index contributed by atoms with van der Waals surface area (Å²) in [4.78, 5) is 27.8. The number of nitrogens with zero attached hydrogens (tertiary/aromatic N) is 2. The molecule has 2 atom stereocenters. The fraction of sp³-hybridized carbons (Fsp3) is 0.412. The molecule has 6 nitrogen and oxygen atoms in total. The van der Waals surface area contributed by atoms with E-state index < -0.39 is 17.9 Å². The van der Waals surface area contributed by atoms with Gasteiger partial charge in [0, 0.05) is 10.6 Å². The Morgan fingerprint density at radius 2 is 1.87 bits per heavy atom. The molecule has 0 aromatic heterocycles. The van der Waals surface area contributed by atoms with E-state index in [1.165, 1.54) is 0 Å². The van der Waals surface area contributed by atoms with Crippen molar-refractivity contribution in [2.75, 3.05) is 6.61 Å². The quantitative estimate of drug-likeness (QED) is 0.485. The zero-order valence-electron chi connectivity index (χ0n) is 13.7. The molecule has 2 rings (SSSR count). The topological polar surface area (TPSA) is 81.8 Å². The monoisotopic (exact) mass is 316 g/mol. The molecule has 0 amide bonds. The first-order chi connectivity index (χ1) is 10.9. The fourth-order valence-corrected chi connectivity index (χ4v) is 2.90. The molecule has 1 aromatic rings. The van der Waals surface area contributed by atoms with E-state index in [2.05, 4.69) is 4.99 Å². The van der Waals surface area contributed by atoms with Gasteiger partial charge in [-0.25, -0.2) is 4.79 Å². The maximum atomic E-state index is 12.4. The zero-order valence-corrected chi connectivity index (χ0v) is 13.7. The molecular weight excluding hydrogens is 296 g/mol. The molecule has 1 aromatic carbocycles. The van der Waals surface area contributed by atoms with Crippen molar-refractivity contribution < 1.29 is 14.5 Å². The van der Waals surface area contributed by atoms with Crippen LogP contribution in [0.5, 0.6) is 0 Å². The Labute approximate surface area is 135 Å². The third-order valence-electron chi connectivity index (χ3n) is 3.95. The van der Waals surface area contributed by atoms with Gasteiger partial charge in [0.05, 0.1) is 23.8 Å². The van der Waals surface area contributed by atoms with Gasteiger partial charge < -0.3 is 4.74 Å². The van der Waals surface area contributed by atoms with Gasteiger partial charge in [0.15, 0.2) is 0 Å². The molecule has 23 heavy (non-hydrogen) atoms. The number of rotatable bonds is 4. The van der Waals surface area contributed by atoms with Crippen LogP contribution >= 0.6 is 0 Å². The van der Waals surface area contributed by atoms with Crippen LogP contribution in [0.25, 0.3) is 0 Å². The van der Waals surface area contributed by atoms with E-state index in [0.717, 1.165) is 5.56 Å². The largest absolute Gasteiger partial charge is 0.463 e. The highest BCUT2D eigenvalue weighted by molar-refractivity contribution is 5.98. The van der Waals surface area contributed by atoms with E-state index >= 15 is 0 Å². The van der Waals surface area contributed by atoms with Crippen molar-refractivity contribution in [3.63, 3.8) is 0 Å². The van der Waals surface area contributed by atoms with Crippen molar-refractivity contribution in [3.8, 4) is 0 Å². The lowest BCUT2D eigenvalue weighted by Gasteiger charge is -2.27. The normalized spacial score (nSPS) is 21.0. The molecule has 1 aliphatic heterocycles. The van der Waals surface area contributed by atoms with Crippen LogP contribution in [0.4, 0.5) is 0 Å². The molecule has 122 valence electrons. The summed E-state index contributed by atoms with van der Waals surface area (Å²) in [5.74, 6) is -1.24. The minimum Gasteiger partial charge on any atom is -0.463 e. The lowest BCUT2D eigenvalue weighted by Crippen LogP contribution is -2.40. The zero-order chi connectivity index (χ0) is 17.1. The van der Waals surface area contributed by atoms with Crippen molar-refractivity contribution in [2.45, 2.75) is 39.7 Å². The molecule has 0 saturated carbocycles. The molecule has 0 radical (unpaired) electrons. The van der Waals surface area contributed by atoms with Gasteiger partial charge in [0.1, 0.15) is 0 Å². The highest BCUT2D eigenvalue weighted by atomic mass is 16.6. The Balaban J connectivity index is 2.61. The van der Waals surface area contributed by atoms with Gasteiger partial charge in [-0.1, -0.05) is 29.8 Å². The molecular formula is C17H20N2O4. The van der Waals surface area contributed by atoms with Crippen LogP contribution in [-0.4, -0.2) is 29.3 Å². The van der Waals surface area contributed by atoms with Crippen LogP contribution < -0.4 is 0 Å². The first-order valence-corrected chi connectivity index (χ1v) is 7.50. The van der Waals surface area contributed by atoms with E-state index in [4.69, 9.17) is 4.74 Å². The number of aliphatic imine (C=N–C) groups is 1. The predicted molar refractivity (Wildman–Crippen MR) is 87.1 cm³/mol.